The quantitative estimate of drug-likeness (QED) is 0.329. The van der Waals surface area contributed by atoms with Gasteiger partial charge in [0.15, 0.2) is 16.9 Å². The van der Waals surface area contributed by atoms with Crippen LogP contribution >= 0.6 is 0 Å². The van der Waals surface area contributed by atoms with Gasteiger partial charge in [0.05, 0.1) is 12.1 Å². The third-order valence-corrected chi connectivity index (χ3v) is 6.83. The highest BCUT2D eigenvalue weighted by Crippen LogP contribution is 2.24. The van der Waals surface area contributed by atoms with Gasteiger partial charge in [-0.25, -0.2) is 9.59 Å². The van der Waals surface area contributed by atoms with Crippen LogP contribution in [0, 0.1) is 0 Å². The van der Waals surface area contributed by atoms with E-state index in [0.29, 0.717) is 25.6 Å². The van der Waals surface area contributed by atoms with Crippen molar-refractivity contribution in [3.8, 4) is 5.75 Å². The number of nitrogens with zero attached hydrogens (tertiary/aromatic N) is 5. The number of phenolic OH excluding ortho intramolecular Hbond substituents is 1. The Balaban J connectivity index is 1.76. The third kappa shape index (κ3) is 6.53. The number of nitrogens with one attached hydrogen (secondary N) is 1. The van der Waals surface area contributed by atoms with Crippen molar-refractivity contribution < 1.29 is 19.4 Å². The van der Waals surface area contributed by atoms with Gasteiger partial charge in [0.25, 0.3) is 5.56 Å². The summed E-state index contributed by atoms with van der Waals surface area (Å²) in [7, 11) is 1.51. The molecule has 2 N–H and O–H groups in total. The maximum absolute atomic E-state index is 13.8. The second-order valence-corrected chi connectivity index (χ2v) is 11.6. The molecule has 0 bridgehead atoms. The minimum Gasteiger partial charge on any atom is -0.507 e. The van der Waals surface area contributed by atoms with Gasteiger partial charge in [-0.3, -0.25) is 18.7 Å². The molecule has 41 heavy (non-hydrogen) atoms. The number of aromatic nitrogens is 4. The van der Waals surface area contributed by atoms with Gasteiger partial charge in [-0.1, -0.05) is 23.8 Å². The van der Waals surface area contributed by atoms with Crippen molar-refractivity contribution in [1.82, 2.24) is 24.0 Å². The number of aromatic hydroxyl groups is 1. The van der Waals surface area contributed by atoms with Crippen molar-refractivity contribution in [2.75, 3.05) is 18.0 Å². The van der Waals surface area contributed by atoms with E-state index in [1.807, 2.05) is 24.8 Å². The third-order valence-electron chi connectivity index (χ3n) is 6.83. The normalized spacial score (nSPS) is 15.6. The van der Waals surface area contributed by atoms with Crippen molar-refractivity contribution >= 4 is 29.0 Å². The number of allylic oxidation sites excluding steroid dienone is 2. The standard InChI is InChI=1S/C29H38N6O6/c1-18(2)13-15-34-23-24(31-26(34)33-14-9-10-19(16-33)30-27(39)41-29(3,4)5)32(6)28(40)35(25(23)38)17-22(37)20-11-7-8-12-21(20)36/h7-8,11-13,19,36H,9-10,14-17H2,1-6H3,(H,30,39)/t19-/m0/s1. The van der Waals surface area contributed by atoms with Crippen molar-refractivity contribution in [2.24, 2.45) is 7.05 Å². The molecule has 4 rings (SSSR count). The number of carbonyl (C=O) groups excluding carboxylic acids is 2. The van der Waals surface area contributed by atoms with E-state index in [1.54, 1.807) is 37.5 Å². The lowest BCUT2D eigenvalue weighted by Gasteiger charge is -2.34. The van der Waals surface area contributed by atoms with E-state index in [2.05, 4.69) is 5.32 Å². The van der Waals surface area contributed by atoms with Crippen molar-refractivity contribution in [2.45, 2.75) is 72.2 Å². The Bertz CT molecular complexity index is 1620. The summed E-state index contributed by atoms with van der Waals surface area (Å²) >= 11 is 0. The molecule has 12 nitrogen and oxygen atoms in total. The summed E-state index contributed by atoms with van der Waals surface area (Å²) in [5.41, 5.74) is -0.515. The number of amides is 1. The Labute approximate surface area is 237 Å². The maximum atomic E-state index is 13.8. The minimum atomic E-state index is -0.687. The number of benzene rings is 1. The maximum Gasteiger partial charge on any atom is 0.407 e. The summed E-state index contributed by atoms with van der Waals surface area (Å²) in [5, 5.41) is 13.0. The van der Waals surface area contributed by atoms with Gasteiger partial charge >= 0.3 is 11.8 Å². The van der Waals surface area contributed by atoms with Gasteiger partial charge < -0.3 is 24.6 Å². The van der Waals surface area contributed by atoms with Crippen LogP contribution in [-0.4, -0.2) is 60.4 Å². The van der Waals surface area contributed by atoms with Crippen LogP contribution < -0.4 is 21.5 Å². The Morgan fingerprint density at radius 3 is 2.54 bits per heavy atom. The number of piperidine rings is 1. The van der Waals surface area contributed by atoms with E-state index in [0.717, 1.165) is 23.0 Å². The van der Waals surface area contributed by atoms with E-state index in [4.69, 9.17) is 9.72 Å². The van der Waals surface area contributed by atoms with Gasteiger partial charge in [0.1, 0.15) is 11.4 Å². The zero-order chi connectivity index (χ0) is 30.1. The molecule has 3 aromatic rings. The first kappa shape index (κ1) is 29.6. The molecule has 0 aliphatic carbocycles. The number of ketones is 1. The van der Waals surface area contributed by atoms with Crippen LogP contribution in [0.1, 0.15) is 57.8 Å². The van der Waals surface area contributed by atoms with Gasteiger partial charge in [-0.15, -0.1) is 0 Å². The van der Waals surface area contributed by atoms with E-state index in [9.17, 15) is 24.3 Å². The molecule has 1 saturated heterocycles. The van der Waals surface area contributed by atoms with Crippen LogP contribution in [0.5, 0.6) is 5.75 Å². The van der Waals surface area contributed by atoms with Crippen LogP contribution in [0.2, 0.25) is 0 Å². The van der Waals surface area contributed by atoms with Gasteiger partial charge in [0, 0.05) is 32.7 Å². The Kier molecular flexibility index (Phi) is 8.41. The average molecular weight is 567 g/mol. The molecule has 1 fully saturated rings. The molecule has 3 heterocycles. The zero-order valence-electron chi connectivity index (χ0n) is 24.4. The van der Waals surface area contributed by atoms with Crippen LogP contribution in [0.15, 0.2) is 45.5 Å². The minimum absolute atomic E-state index is 0.0251. The van der Waals surface area contributed by atoms with Crippen molar-refractivity contribution in [3.63, 3.8) is 0 Å². The monoisotopic (exact) mass is 566 g/mol. The molecule has 12 heteroatoms. The number of imidazole rings is 1. The number of aryl methyl sites for hydroxylation is 1. The molecule has 1 aliphatic heterocycles. The molecule has 0 radical (unpaired) electrons. The summed E-state index contributed by atoms with van der Waals surface area (Å²) in [6.07, 6.45) is 2.98. The number of rotatable bonds is 7. The number of hydrogen-bond acceptors (Lipinski definition) is 8. The molecule has 1 aromatic carbocycles. The summed E-state index contributed by atoms with van der Waals surface area (Å²) in [5.74, 6) is -0.298. The van der Waals surface area contributed by atoms with E-state index in [1.165, 1.54) is 23.7 Å². The summed E-state index contributed by atoms with van der Waals surface area (Å²) in [4.78, 5) is 59.3. The smallest absolute Gasteiger partial charge is 0.407 e. The molecule has 1 aliphatic rings. The predicted molar refractivity (Wildman–Crippen MR) is 156 cm³/mol. The Morgan fingerprint density at radius 1 is 1.17 bits per heavy atom. The van der Waals surface area contributed by atoms with Crippen LogP contribution in [0.3, 0.4) is 0 Å². The number of phenols is 1. The Morgan fingerprint density at radius 2 is 1.88 bits per heavy atom. The lowest BCUT2D eigenvalue weighted by molar-refractivity contribution is 0.0499. The summed E-state index contributed by atoms with van der Waals surface area (Å²) in [6.45, 7) is 10.2. The molecular formula is C29H38N6O6. The van der Waals surface area contributed by atoms with Crippen LogP contribution in [0.25, 0.3) is 11.2 Å². The first-order valence-corrected chi connectivity index (χ1v) is 13.7. The van der Waals surface area contributed by atoms with Crippen LogP contribution in [-0.2, 0) is 24.9 Å². The largest absolute Gasteiger partial charge is 0.507 e. The highest BCUT2D eigenvalue weighted by molar-refractivity contribution is 5.98. The summed E-state index contributed by atoms with van der Waals surface area (Å²) in [6, 6.07) is 5.80. The molecular weight excluding hydrogens is 528 g/mol. The fourth-order valence-corrected chi connectivity index (χ4v) is 4.88. The van der Waals surface area contributed by atoms with Gasteiger partial charge in [-0.2, -0.15) is 4.98 Å². The molecule has 220 valence electrons. The lowest BCUT2D eigenvalue weighted by atomic mass is 10.1. The van der Waals surface area contributed by atoms with E-state index in [-0.39, 0.29) is 28.5 Å². The van der Waals surface area contributed by atoms with E-state index >= 15 is 0 Å². The first-order chi connectivity index (χ1) is 19.3. The highest BCUT2D eigenvalue weighted by Gasteiger charge is 2.29. The zero-order valence-corrected chi connectivity index (χ0v) is 24.4. The molecule has 1 atom stereocenters. The number of ether oxygens (including phenoxy) is 1. The van der Waals surface area contributed by atoms with E-state index < -0.39 is 35.3 Å². The number of carbonyl (C=O) groups is 2. The fraction of sp³-hybridized carbons (Fsp3) is 0.483. The second kappa shape index (κ2) is 11.6. The Hall–Kier alpha value is -4.35. The molecule has 0 spiro atoms. The number of alkyl carbamates (subject to hydrolysis) is 1. The molecule has 0 saturated carbocycles. The molecule has 2 aromatic heterocycles. The van der Waals surface area contributed by atoms with Crippen molar-refractivity contribution in [1.29, 1.82) is 0 Å². The number of para-hydroxylation sites is 1. The second-order valence-electron chi connectivity index (χ2n) is 11.6. The SMILES string of the molecule is CC(C)=CCn1c(N2CCC[C@H](NC(=O)OC(C)(C)C)C2)nc2c1c(=O)n(CC(=O)c1ccccc1O)c(=O)n2C. The number of hydrogen-bond donors (Lipinski definition) is 2. The first-order valence-electron chi connectivity index (χ1n) is 13.7. The van der Waals surface area contributed by atoms with Gasteiger partial charge in [0.2, 0.25) is 5.95 Å². The fourth-order valence-electron chi connectivity index (χ4n) is 4.88. The number of anilines is 1. The molecule has 0 unspecified atom stereocenters. The average Bonchev–Trinajstić information content (AvgIpc) is 3.27. The van der Waals surface area contributed by atoms with Crippen LogP contribution in [0.4, 0.5) is 10.7 Å². The number of fused-ring (bicyclic) bond motifs is 1. The van der Waals surface area contributed by atoms with Crippen molar-refractivity contribution in [3.05, 3.63) is 62.3 Å². The number of Topliss-reactive ketones (excluding diaryl/α,β-unsaturated/α-hetero) is 1. The lowest BCUT2D eigenvalue weighted by Crippen LogP contribution is -2.49. The predicted octanol–water partition coefficient (Wildman–Crippen LogP) is 2.94. The van der Waals surface area contributed by atoms with Gasteiger partial charge in [-0.05, 0) is 59.6 Å². The topological polar surface area (TPSA) is 141 Å². The molecule has 1 amide bonds. The summed E-state index contributed by atoms with van der Waals surface area (Å²) < 4.78 is 9.32. The highest BCUT2D eigenvalue weighted by atomic mass is 16.6.